The normalized spacial score (nSPS) is 29.2. The van der Waals surface area contributed by atoms with Crippen molar-refractivity contribution in [2.45, 2.75) is 25.3 Å². The van der Waals surface area contributed by atoms with Crippen molar-refractivity contribution in [1.29, 1.82) is 0 Å². The third-order valence-electron chi connectivity index (χ3n) is 3.72. The second-order valence-corrected chi connectivity index (χ2v) is 5.34. The highest BCUT2D eigenvalue weighted by atomic mass is 79.9. The molecule has 0 amide bonds. The SMILES string of the molecule is Cn1nnc(Br)c1C(N)C1CC12CC2. The van der Waals surface area contributed by atoms with E-state index in [0.29, 0.717) is 11.3 Å². The van der Waals surface area contributed by atoms with Crippen molar-refractivity contribution in [2.75, 3.05) is 0 Å². The fourth-order valence-corrected chi connectivity index (χ4v) is 3.10. The Balaban J connectivity index is 1.88. The van der Waals surface area contributed by atoms with Crippen molar-refractivity contribution in [2.24, 2.45) is 24.1 Å². The van der Waals surface area contributed by atoms with Gasteiger partial charge in [0.1, 0.15) is 0 Å². The summed E-state index contributed by atoms with van der Waals surface area (Å²) in [4.78, 5) is 0. The molecule has 1 spiro atoms. The highest BCUT2D eigenvalue weighted by molar-refractivity contribution is 9.10. The van der Waals surface area contributed by atoms with Gasteiger partial charge >= 0.3 is 0 Å². The first-order valence-corrected chi connectivity index (χ1v) is 5.74. The number of rotatable bonds is 2. The fourth-order valence-electron chi connectivity index (χ4n) is 2.51. The van der Waals surface area contributed by atoms with Crippen LogP contribution in [-0.4, -0.2) is 15.0 Å². The second kappa shape index (κ2) is 2.58. The largest absolute Gasteiger partial charge is 0.322 e. The predicted molar refractivity (Wildman–Crippen MR) is 55.4 cm³/mol. The molecule has 2 aliphatic rings. The first kappa shape index (κ1) is 8.85. The number of hydrogen-bond acceptors (Lipinski definition) is 3. The molecule has 0 aromatic carbocycles. The van der Waals surface area contributed by atoms with Gasteiger partial charge in [-0.2, -0.15) is 0 Å². The van der Waals surface area contributed by atoms with Crippen LogP contribution in [0.5, 0.6) is 0 Å². The highest BCUT2D eigenvalue weighted by Gasteiger charge is 2.65. The predicted octanol–water partition coefficient (Wildman–Crippen LogP) is 1.38. The van der Waals surface area contributed by atoms with E-state index in [4.69, 9.17) is 5.73 Å². The van der Waals surface area contributed by atoms with Crippen LogP contribution in [-0.2, 0) is 7.05 Å². The van der Waals surface area contributed by atoms with Crippen LogP contribution in [0.1, 0.15) is 31.0 Å². The van der Waals surface area contributed by atoms with Crippen molar-refractivity contribution in [1.82, 2.24) is 15.0 Å². The molecule has 4 nitrogen and oxygen atoms in total. The molecule has 1 heterocycles. The molecule has 2 fully saturated rings. The minimum atomic E-state index is 0.104. The monoisotopic (exact) mass is 256 g/mol. The van der Waals surface area contributed by atoms with E-state index >= 15 is 0 Å². The zero-order valence-corrected chi connectivity index (χ0v) is 9.66. The molecule has 0 radical (unpaired) electrons. The van der Waals surface area contributed by atoms with Gasteiger partial charge in [0.2, 0.25) is 0 Å². The molecule has 0 saturated heterocycles. The molecule has 1 aromatic rings. The van der Waals surface area contributed by atoms with Crippen LogP contribution < -0.4 is 5.73 Å². The average molecular weight is 257 g/mol. The summed E-state index contributed by atoms with van der Waals surface area (Å²) < 4.78 is 2.58. The van der Waals surface area contributed by atoms with Gasteiger partial charge in [0, 0.05) is 7.05 Å². The maximum atomic E-state index is 6.23. The molecule has 2 aliphatic carbocycles. The van der Waals surface area contributed by atoms with E-state index in [1.807, 2.05) is 7.05 Å². The van der Waals surface area contributed by atoms with Crippen molar-refractivity contribution < 1.29 is 0 Å². The first-order valence-electron chi connectivity index (χ1n) is 4.95. The molecule has 2 atom stereocenters. The fraction of sp³-hybridized carbons (Fsp3) is 0.778. The van der Waals surface area contributed by atoms with Gasteiger partial charge in [-0.3, -0.25) is 0 Å². The summed E-state index contributed by atoms with van der Waals surface area (Å²) in [5.74, 6) is 0.663. The molecule has 3 rings (SSSR count). The zero-order valence-electron chi connectivity index (χ0n) is 8.07. The maximum Gasteiger partial charge on any atom is 0.153 e. The quantitative estimate of drug-likeness (QED) is 0.870. The Morgan fingerprint density at radius 2 is 2.36 bits per heavy atom. The molecule has 14 heavy (non-hydrogen) atoms. The van der Waals surface area contributed by atoms with Crippen molar-refractivity contribution in [3.05, 3.63) is 10.3 Å². The third-order valence-corrected chi connectivity index (χ3v) is 4.29. The lowest BCUT2D eigenvalue weighted by Crippen LogP contribution is -2.18. The molecule has 1 aromatic heterocycles. The van der Waals surface area contributed by atoms with Gasteiger partial charge in [-0.15, -0.1) is 5.10 Å². The van der Waals surface area contributed by atoms with E-state index in [0.717, 1.165) is 10.3 Å². The average Bonchev–Trinajstić information content (AvgIpc) is 3.03. The van der Waals surface area contributed by atoms with Crippen LogP contribution in [0.4, 0.5) is 0 Å². The Morgan fingerprint density at radius 1 is 1.64 bits per heavy atom. The van der Waals surface area contributed by atoms with Gasteiger partial charge in [-0.05, 0) is 46.5 Å². The summed E-state index contributed by atoms with van der Waals surface area (Å²) in [6, 6.07) is 0.104. The molecular formula is C9H13BrN4. The van der Waals surface area contributed by atoms with Crippen LogP contribution in [0.2, 0.25) is 0 Å². The zero-order chi connectivity index (χ0) is 9.92. The molecular weight excluding hydrogens is 244 g/mol. The van der Waals surface area contributed by atoms with Crippen LogP contribution in [0.25, 0.3) is 0 Å². The molecule has 2 N–H and O–H groups in total. The number of nitrogens with two attached hydrogens (primary N) is 1. The third kappa shape index (κ3) is 1.08. The van der Waals surface area contributed by atoms with Crippen LogP contribution in [0.3, 0.4) is 0 Å². The van der Waals surface area contributed by atoms with Gasteiger partial charge in [0.05, 0.1) is 11.7 Å². The number of aromatic nitrogens is 3. The molecule has 5 heteroatoms. The number of aryl methyl sites for hydroxylation is 1. The van der Waals surface area contributed by atoms with Gasteiger partial charge < -0.3 is 5.73 Å². The summed E-state index contributed by atoms with van der Waals surface area (Å²) in [6.07, 6.45) is 4.04. The van der Waals surface area contributed by atoms with Crippen LogP contribution in [0.15, 0.2) is 4.60 Å². The number of halogens is 1. The standard InChI is InChI=1S/C9H13BrN4/c1-14-7(8(10)12-13-14)6(11)5-4-9(5)2-3-9/h5-6H,2-4,11H2,1H3. The van der Waals surface area contributed by atoms with E-state index < -0.39 is 0 Å². The number of hydrogen-bond donors (Lipinski definition) is 1. The van der Waals surface area contributed by atoms with Gasteiger partial charge in [-0.1, -0.05) is 5.21 Å². The lowest BCUT2D eigenvalue weighted by molar-refractivity contribution is 0.523. The van der Waals surface area contributed by atoms with E-state index in [1.165, 1.54) is 19.3 Å². The first-order chi connectivity index (χ1) is 6.64. The van der Waals surface area contributed by atoms with E-state index in [1.54, 1.807) is 4.68 Å². The molecule has 0 aliphatic heterocycles. The Morgan fingerprint density at radius 3 is 2.79 bits per heavy atom. The Hall–Kier alpha value is -0.420. The van der Waals surface area contributed by atoms with Gasteiger partial charge in [-0.25, -0.2) is 4.68 Å². The van der Waals surface area contributed by atoms with E-state index in [2.05, 4.69) is 26.2 Å². The maximum absolute atomic E-state index is 6.23. The minimum absolute atomic E-state index is 0.104. The number of nitrogens with zero attached hydrogens (tertiary/aromatic N) is 3. The van der Waals surface area contributed by atoms with Gasteiger partial charge in [0.25, 0.3) is 0 Å². The Bertz CT molecular complexity index is 363. The summed E-state index contributed by atoms with van der Waals surface area (Å²) >= 11 is 3.40. The highest BCUT2D eigenvalue weighted by Crippen LogP contribution is 2.73. The minimum Gasteiger partial charge on any atom is -0.322 e. The molecule has 0 bridgehead atoms. The van der Waals surface area contributed by atoms with Gasteiger partial charge in [0.15, 0.2) is 4.60 Å². The molecule has 2 unspecified atom stereocenters. The summed E-state index contributed by atoms with van der Waals surface area (Å²) in [5, 5.41) is 7.92. The Kier molecular flexibility index (Phi) is 1.63. The van der Waals surface area contributed by atoms with Crippen LogP contribution >= 0.6 is 15.9 Å². The topological polar surface area (TPSA) is 56.7 Å². The van der Waals surface area contributed by atoms with Crippen molar-refractivity contribution in [3.8, 4) is 0 Å². The molecule has 2 saturated carbocycles. The van der Waals surface area contributed by atoms with E-state index in [9.17, 15) is 0 Å². The lowest BCUT2D eigenvalue weighted by Gasteiger charge is -2.11. The second-order valence-electron chi connectivity index (χ2n) is 4.59. The smallest absolute Gasteiger partial charge is 0.153 e. The van der Waals surface area contributed by atoms with E-state index in [-0.39, 0.29) is 6.04 Å². The summed E-state index contributed by atoms with van der Waals surface area (Å²) in [7, 11) is 1.90. The van der Waals surface area contributed by atoms with Crippen molar-refractivity contribution >= 4 is 15.9 Å². The molecule has 76 valence electrons. The summed E-state index contributed by atoms with van der Waals surface area (Å²) in [5.41, 5.74) is 7.90. The lowest BCUT2D eigenvalue weighted by atomic mass is 10.1. The van der Waals surface area contributed by atoms with Crippen LogP contribution in [0, 0.1) is 11.3 Å². The Labute approximate surface area is 91.0 Å². The summed E-state index contributed by atoms with van der Waals surface area (Å²) in [6.45, 7) is 0. The van der Waals surface area contributed by atoms with Crippen molar-refractivity contribution in [3.63, 3.8) is 0 Å².